The number of hydrogen-bond acceptors (Lipinski definition) is 3. The monoisotopic (exact) mass is 256 g/mol. The van der Waals surface area contributed by atoms with Crippen LogP contribution >= 0.6 is 0 Å². The molecule has 0 radical (unpaired) electrons. The Morgan fingerprint density at radius 1 is 1.22 bits per heavy atom. The van der Waals surface area contributed by atoms with Crippen LogP contribution in [0.4, 0.5) is 0 Å². The average molecular weight is 256 g/mol. The summed E-state index contributed by atoms with van der Waals surface area (Å²) in [7, 11) is 0. The maximum Gasteiger partial charge on any atom is 0.333 e. The van der Waals surface area contributed by atoms with E-state index in [2.05, 4.69) is 6.58 Å². The van der Waals surface area contributed by atoms with Crippen molar-refractivity contribution in [2.24, 2.45) is 5.41 Å². The Hall–Kier alpha value is -1.62. The molecule has 5 nitrogen and oxygen atoms in total. The first-order chi connectivity index (χ1) is 8.19. The van der Waals surface area contributed by atoms with Crippen LogP contribution in [0.15, 0.2) is 23.8 Å². The Balaban J connectivity index is 4.53. The third kappa shape index (κ3) is 6.20. The van der Waals surface area contributed by atoms with Crippen LogP contribution in [0.25, 0.3) is 0 Å². The number of carboxylic acid groups (broad SMARTS) is 2. The minimum Gasteiger partial charge on any atom is -0.478 e. The maximum absolute atomic E-state index is 11.0. The van der Waals surface area contributed by atoms with Crippen LogP contribution in [0, 0.1) is 5.41 Å². The van der Waals surface area contributed by atoms with Gasteiger partial charge in [0.1, 0.15) is 0 Å². The van der Waals surface area contributed by atoms with Crippen molar-refractivity contribution in [3.05, 3.63) is 23.8 Å². The van der Waals surface area contributed by atoms with Crippen LogP contribution < -0.4 is 0 Å². The molecule has 0 aliphatic carbocycles. The molecular formula is C13H20O5. The zero-order chi connectivity index (χ0) is 14.3. The summed E-state index contributed by atoms with van der Waals surface area (Å²) in [5, 5.41) is 17.6. The number of carbonyl (C=O) groups is 2. The fourth-order valence-corrected chi connectivity index (χ4v) is 1.08. The minimum absolute atomic E-state index is 0.102. The molecule has 0 amide bonds. The number of rotatable bonds is 8. The van der Waals surface area contributed by atoms with Crippen LogP contribution in [0.3, 0.4) is 0 Å². The van der Waals surface area contributed by atoms with E-state index in [9.17, 15) is 9.59 Å². The molecule has 0 aromatic rings. The standard InChI is InChI=1S/C13H20O5/c1-5-13(3,4)6-10(12(16)17)8-18-7-9(2)11(14)15/h6H,2,5,7-8H2,1,3-4H3,(H,14,15)(H,16,17). The molecule has 18 heavy (non-hydrogen) atoms. The Bertz CT molecular complexity index is 366. The number of ether oxygens (including phenoxy) is 1. The van der Waals surface area contributed by atoms with E-state index in [0.717, 1.165) is 6.42 Å². The molecule has 0 aliphatic rings. The molecular weight excluding hydrogens is 236 g/mol. The number of carboxylic acids is 2. The molecule has 5 heteroatoms. The predicted octanol–water partition coefficient (Wildman–Crippen LogP) is 2.09. The molecule has 0 heterocycles. The van der Waals surface area contributed by atoms with Gasteiger partial charge in [-0.1, -0.05) is 33.4 Å². The van der Waals surface area contributed by atoms with Crippen LogP contribution in [-0.4, -0.2) is 35.4 Å². The molecule has 102 valence electrons. The summed E-state index contributed by atoms with van der Waals surface area (Å²) in [6.45, 7) is 8.78. The van der Waals surface area contributed by atoms with Crippen molar-refractivity contribution in [2.45, 2.75) is 27.2 Å². The highest BCUT2D eigenvalue weighted by atomic mass is 16.5. The molecule has 0 aromatic carbocycles. The zero-order valence-corrected chi connectivity index (χ0v) is 11.0. The van der Waals surface area contributed by atoms with Crippen molar-refractivity contribution >= 4 is 11.9 Å². The first kappa shape index (κ1) is 16.4. The van der Waals surface area contributed by atoms with Crippen molar-refractivity contribution in [1.29, 1.82) is 0 Å². The van der Waals surface area contributed by atoms with E-state index >= 15 is 0 Å². The van der Waals surface area contributed by atoms with Crippen molar-refractivity contribution in [2.75, 3.05) is 13.2 Å². The van der Waals surface area contributed by atoms with Gasteiger partial charge in [-0.2, -0.15) is 0 Å². The van der Waals surface area contributed by atoms with Gasteiger partial charge in [-0.25, -0.2) is 9.59 Å². The van der Waals surface area contributed by atoms with Gasteiger partial charge < -0.3 is 14.9 Å². The van der Waals surface area contributed by atoms with Crippen LogP contribution in [0.1, 0.15) is 27.2 Å². The van der Waals surface area contributed by atoms with Crippen molar-refractivity contribution in [3.8, 4) is 0 Å². The zero-order valence-electron chi connectivity index (χ0n) is 11.0. The van der Waals surface area contributed by atoms with Gasteiger partial charge in [0.15, 0.2) is 0 Å². The SMILES string of the molecule is C=C(COCC(=CC(C)(C)CC)C(=O)O)C(=O)O. The van der Waals surface area contributed by atoms with E-state index in [1.165, 1.54) is 0 Å². The smallest absolute Gasteiger partial charge is 0.333 e. The van der Waals surface area contributed by atoms with E-state index in [-0.39, 0.29) is 29.8 Å². The summed E-state index contributed by atoms with van der Waals surface area (Å²) in [5.74, 6) is -2.21. The van der Waals surface area contributed by atoms with Gasteiger partial charge in [-0.05, 0) is 11.8 Å². The Labute approximate surface area is 107 Å². The molecule has 0 spiro atoms. The van der Waals surface area contributed by atoms with Gasteiger partial charge in [-0.3, -0.25) is 0 Å². The first-order valence-corrected chi connectivity index (χ1v) is 5.63. The molecule has 0 bridgehead atoms. The van der Waals surface area contributed by atoms with Gasteiger partial charge in [0, 0.05) is 0 Å². The van der Waals surface area contributed by atoms with Crippen LogP contribution in [-0.2, 0) is 14.3 Å². The van der Waals surface area contributed by atoms with Crippen molar-refractivity contribution in [1.82, 2.24) is 0 Å². The average Bonchev–Trinajstić information content (AvgIpc) is 2.27. The predicted molar refractivity (Wildman–Crippen MR) is 67.4 cm³/mol. The summed E-state index contributed by atoms with van der Waals surface area (Å²) in [6.07, 6.45) is 2.43. The highest BCUT2D eigenvalue weighted by Gasteiger charge is 2.17. The van der Waals surface area contributed by atoms with Gasteiger partial charge >= 0.3 is 11.9 Å². The molecule has 0 unspecified atom stereocenters. The Morgan fingerprint density at radius 2 is 1.78 bits per heavy atom. The summed E-state index contributed by atoms with van der Waals surface area (Å²) >= 11 is 0. The fraction of sp³-hybridized carbons (Fsp3) is 0.538. The van der Waals surface area contributed by atoms with Crippen LogP contribution in [0.5, 0.6) is 0 Å². The lowest BCUT2D eigenvalue weighted by Gasteiger charge is -2.18. The molecule has 0 fully saturated rings. The molecule has 2 N–H and O–H groups in total. The summed E-state index contributed by atoms with van der Waals surface area (Å²) in [6, 6.07) is 0. The highest BCUT2D eigenvalue weighted by molar-refractivity contribution is 5.87. The second kappa shape index (κ2) is 6.96. The second-order valence-electron chi connectivity index (χ2n) is 4.72. The van der Waals surface area contributed by atoms with E-state index in [1.54, 1.807) is 6.08 Å². The quantitative estimate of drug-likeness (QED) is 0.650. The third-order valence-electron chi connectivity index (χ3n) is 2.59. The summed E-state index contributed by atoms with van der Waals surface area (Å²) in [4.78, 5) is 21.5. The van der Waals surface area contributed by atoms with E-state index in [1.807, 2.05) is 20.8 Å². The van der Waals surface area contributed by atoms with Crippen molar-refractivity contribution < 1.29 is 24.5 Å². The highest BCUT2D eigenvalue weighted by Crippen LogP contribution is 2.23. The normalized spacial score (nSPS) is 12.3. The Morgan fingerprint density at radius 3 is 2.17 bits per heavy atom. The summed E-state index contributed by atoms with van der Waals surface area (Å²) in [5.41, 5.74) is -0.213. The largest absolute Gasteiger partial charge is 0.478 e. The van der Waals surface area contributed by atoms with Gasteiger partial charge in [0.05, 0.1) is 24.4 Å². The van der Waals surface area contributed by atoms with E-state index in [4.69, 9.17) is 14.9 Å². The lowest BCUT2D eigenvalue weighted by atomic mass is 9.88. The molecule has 0 saturated carbocycles. The van der Waals surface area contributed by atoms with E-state index < -0.39 is 11.9 Å². The lowest BCUT2D eigenvalue weighted by molar-refractivity contribution is -0.133. The first-order valence-electron chi connectivity index (χ1n) is 5.63. The molecule has 0 rings (SSSR count). The number of hydrogen-bond donors (Lipinski definition) is 2. The summed E-state index contributed by atoms with van der Waals surface area (Å²) < 4.78 is 5.04. The molecule has 0 aliphatic heterocycles. The topological polar surface area (TPSA) is 83.8 Å². The maximum atomic E-state index is 11.0. The van der Waals surface area contributed by atoms with E-state index in [0.29, 0.717) is 0 Å². The minimum atomic E-state index is -1.15. The van der Waals surface area contributed by atoms with Gasteiger partial charge in [0.2, 0.25) is 0 Å². The Kier molecular flexibility index (Phi) is 6.33. The third-order valence-corrected chi connectivity index (χ3v) is 2.59. The molecule has 0 saturated heterocycles. The number of aliphatic carboxylic acids is 2. The lowest BCUT2D eigenvalue weighted by Crippen LogP contribution is -2.16. The van der Waals surface area contributed by atoms with Crippen LogP contribution in [0.2, 0.25) is 0 Å². The molecule has 0 atom stereocenters. The van der Waals surface area contributed by atoms with Gasteiger partial charge in [-0.15, -0.1) is 0 Å². The number of allylic oxidation sites excluding steroid dienone is 1. The molecule has 0 aromatic heterocycles. The second-order valence-corrected chi connectivity index (χ2v) is 4.72. The van der Waals surface area contributed by atoms with Gasteiger partial charge in [0.25, 0.3) is 0 Å². The fourth-order valence-electron chi connectivity index (χ4n) is 1.08. The van der Waals surface area contributed by atoms with Crippen molar-refractivity contribution in [3.63, 3.8) is 0 Å².